The van der Waals surface area contributed by atoms with Gasteiger partial charge in [0, 0.05) is 18.5 Å². The molecule has 19 heavy (non-hydrogen) atoms. The first-order valence-corrected chi connectivity index (χ1v) is 7.88. The Morgan fingerprint density at radius 2 is 2.11 bits per heavy atom. The Labute approximate surface area is 113 Å². The molecule has 0 atom stereocenters. The van der Waals surface area contributed by atoms with Crippen LogP contribution in [0.4, 0.5) is 5.82 Å². The molecule has 0 aliphatic carbocycles. The highest BCUT2D eigenvalue weighted by atomic mass is 32.2. The Morgan fingerprint density at radius 3 is 2.63 bits per heavy atom. The van der Waals surface area contributed by atoms with Gasteiger partial charge in [-0.25, -0.2) is 18.2 Å². The number of aromatic nitrogens is 1. The van der Waals surface area contributed by atoms with Crippen molar-refractivity contribution in [1.82, 2.24) is 4.98 Å². The van der Waals surface area contributed by atoms with Crippen molar-refractivity contribution in [1.29, 1.82) is 0 Å². The molecule has 0 saturated heterocycles. The maximum Gasteiger partial charge on any atom is 0.339 e. The van der Waals surface area contributed by atoms with Crippen LogP contribution < -0.4 is 5.32 Å². The third-order valence-corrected chi connectivity index (χ3v) is 4.14. The maximum absolute atomic E-state index is 11.4. The first kappa shape index (κ1) is 15.4. The number of anilines is 1. The van der Waals surface area contributed by atoms with Crippen molar-refractivity contribution >= 4 is 21.6 Å². The number of ether oxygens (including phenoxy) is 1. The van der Waals surface area contributed by atoms with E-state index in [1.54, 1.807) is 26.0 Å². The smallest absolute Gasteiger partial charge is 0.339 e. The van der Waals surface area contributed by atoms with Crippen LogP contribution >= 0.6 is 0 Å². The van der Waals surface area contributed by atoms with Crippen LogP contribution in [-0.4, -0.2) is 44.0 Å². The summed E-state index contributed by atoms with van der Waals surface area (Å²) in [6, 6.07) is 3.20. The molecule has 1 aromatic heterocycles. The van der Waals surface area contributed by atoms with E-state index in [1.807, 2.05) is 0 Å². The zero-order valence-corrected chi connectivity index (χ0v) is 11.9. The van der Waals surface area contributed by atoms with Gasteiger partial charge in [-0.3, -0.25) is 0 Å². The van der Waals surface area contributed by atoms with E-state index in [0.717, 1.165) is 0 Å². The van der Waals surface area contributed by atoms with Crippen LogP contribution in [0.25, 0.3) is 0 Å². The highest BCUT2D eigenvalue weighted by Crippen LogP contribution is 2.06. The van der Waals surface area contributed by atoms with E-state index in [1.165, 1.54) is 6.20 Å². The molecule has 0 radical (unpaired) electrons. The summed E-state index contributed by atoms with van der Waals surface area (Å²) >= 11 is 0. The van der Waals surface area contributed by atoms with Gasteiger partial charge in [0.1, 0.15) is 5.82 Å². The molecule has 0 aromatic carbocycles. The number of hydrogen-bond acceptors (Lipinski definition) is 6. The van der Waals surface area contributed by atoms with Crippen LogP contribution in [0.15, 0.2) is 18.3 Å². The molecule has 1 N–H and O–H groups in total. The lowest BCUT2D eigenvalue weighted by Gasteiger charge is -2.06. The van der Waals surface area contributed by atoms with Crippen molar-refractivity contribution < 1.29 is 17.9 Å². The number of hydrogen-bond donors (Lipinski definition) is 1. The zero-order valence-electron chi connectivity index (χ0n) is 11.0. The normalized spacial score (nSPS) is 11.1. The third-order valence-electron chi connectivity index (χ3n) is 2.43. The largest absolute Gasteiger partial charge is 0.462 e. The maximum atomic E-state index is 11.4. The van der Waals surface area contributed by atoms with Crippen LogP contribution in [0, 0.1) is 0 Å². The van der Waals surface area contributed by atoms with Crippen molar-refractivity contribution in [2.24, 2.45) is 0 Å². The summed E-state index contributed by atoms with van der Waals surface area (Å²) in [5, 5.41) is 2.89. The average Bonchev–Trinajstić information content (AvgIpc) is 2.39. The van der Waals surface area contributed by atoms with Crippen molar-refractivity contribution in [2.45, 2.75) is 13.8 Å². The van der Waals surface area contributed by atoms with Crippen LogP contribution in [0.2, 0.25) is 0 Å². The van der Waals surface area contributed by atoms with Gasteiger partial charge in [-0.2, -0.15) is 0 Å². The van der Waals surface area contributed by atoms with Crippen molar-refractivity contribution in [3.8, 4) is 0 Å². The summed E-state index contributed by atoms with van der Waals surface area (Å²) in [5.74, 6) is 0.295. The van der Waals surface area contributed by atoms with Crippen LogP contribution in [0.5, 0.6) is 0 Å². The van der Waals surface area contributed by atoms with E-state index in [2.05, 4.69) is 10.3 Å². The zero-order chi connectivity index (χ0) is 14.3. The van der Waals surface area contributed by atoms with E-state index in [0.29, 0.717) is 24.5 Å². The average molecular weight is 286 g/mol. The second-order valence-corrected chi connectivity index (χ2v) is 6.29. The topological polar surface area (TPSA) is 85.4 Å². The second-order valence-electron chi connectivity index (χ2n) is 3.82. The minimum Gasteiger partial charge on any atom is -0.462 e. The van der Waals surface area contributed by atoms with Gasteiger partial charge in [0.05, 0.1) is 17.9 Å². The minimum atomic E-state index is -2.98. The molecule has 7 heteroatoms. The van der Waals surface area contributed by atoms with E-state index in [9.17, 15) is 13.2 Å². The quantitative estimate of drug-likeness (QED) is 0.756. The number of nitrogens with zero attached hydrogens (tertiary/aromatic N) is 1. The van der Waals surface area contributed by atoms with Gasteiger partial charge in [0.25, 0.3) is 0 Å². The lowest BCUT2D eigenvalue weighted by Crippen LogP contribution is -2.17. The predicted molar refractivity (Wildman–Crippen MR) is 73.0 cm³/mol. The molecule has 0 unspecified atom stereocenters. The lowest BCUT2D eigenvalue weighted by molar-refractivity contribution is 0.0526. The molecule has 0 amide bonds. The Balaban J connectivity index is 2.51. The fraction of sp³-hybridized carbons (Fsp3) is 0.500. The molecule has 1 rings (SSSR count). The van der Waals surface area contributed by atoms with Crippen molar-refractivity contribution in [3.05, 3.63) is 23.9 Å². The summed E-state index contributed by atoms with van der Waals surface area (Å²) in [6.07, 6.45) is 1.40. The predicted octanol–water partition coefficient (Wildman–Crippen LogP) is 1.10. The lowest BCUT2D eigenvalue weighted by atomic mass is 10.3. The molecule has 0 saturated carbocycles. The van der Waals surface area contributed by atoms with Crippen LogP contribution in [0.1, 0.15) is 24.2 Å². The molecule has 0 aliphatic heterocycles. The number of rotatable bonds is 7. The molecular weight excluding hydrogens is 268 g/mol. The van der Waals surface area contributed by atoms with Crippen molar-refractivity contribution in [2.75, 3.05) is 30.0 Å². The minimum absolute atomic E-state index is 0.0603. The Bertz CT molecular complexity index is 511. The van der Waals surface area contributed by atoms with Gasteiger partial charge >= 0.3 is 5.97 Å². The van der Waals surface area contributed by atoms with E-state index in [4.69, 9.17) is 4.74 Å². The first-order valence-electron chi connectivity index (χ1n) is 6.06. The molecular formula is C12H18N2O4S. The van der Waals surface area contributed by atoms with Gasteiger partial charge in [-0.1, -0.05) is 6.92 Å². The molecule has 106 valence electrons. The van der Waals surface area contributed by atoms with Crippen LogP contribution in [-0.2, 0) is 14.6 Å². The van der Waals surface area contributed by atoms with Gasteiger partial charge in [0.15, 0.2) is 9.84 Å². The molecule has 0 spiro atoms. The van der Waals surface area contributed by atoms with E-state index < -0.39 is 15.8 Å². The fourth-order valence-corrected chi connectivity index (χ4v) is 2.01. The number of pyridine rings is 1. The molecule has 0 aliphatic rings. The van der Waals surface area contributed by atoms with Gasteiger partial charge in [-0.05, 0) is 19.1 Å². The highest BCUT2D eigenvalue weighted by Gasteiger charge is 2.08. The SMILES string of the molecule is CCOC(=O)c1ccc(NCCS(=O)(=O)CC)nc1. The summed E-state index contributed by atoms with van der Waals surface area (Å²) in [7, 11) is -2.98. The number of sulfone groups is 1. The summed E-state index contributed by atoms with van der Waals surface area (Å²) in [5.41, 5.74) is 0.369. The third kappa shape index (κ3) is 5.25. The van der Waals surface area contributed by atoms with E-state index >= 15 is 0 Å². The van der Waals surface area contributed by atoms with Gasteiger partial charge < -0.3 is 10.1 Å². The summed E-state index contributed by atoms with van der Waals surface area (Å²) in [4.78, 5) is 15.4. The van der Waals surface area contributed by atoms with Crippen molar-refractivity contribution in [3.63, 3.8) is 0 Å². The fourth-order valence-electron chi connectivity index (χ4n) is 1.31. The van der Waals surface area contributed by atoms with Gasteiger partial charge in [0.2, 0.25) is 0 Å². The molecule has 0 fully saturated rings. The summed E-state index contributed by atoms with van der Waals surface area (Å²) < 4.78 is 27.4. The number of carbonyl (C=O) groups is 1. The standard InChI is InChI=1S/C12H18N2O4S/c1-3-18-12(15)10-5-6-11(14-9-10)13-7-8-19(16,17)4-2/h5-6,9H,3-4,7-8H2,1-2H3,(H,13,14). The Hall–Kier alpha value is -1.63. The Kier molecular flexibility index (Phi) is 5.75. The monoisotopic (exact) mass is 286 g/mol. The Morgan fingerprint density at radius 1 is 1.37 bits per heavy atom. The molecule has 1 heterocycles. The molecule has 0 bridgehead atoms. The number of esters is 1. The first-order chi connectivity index (χ1) is 8.98. The number of carbonyl (C=O) groups excluding carboxylic acids is 1. The van der Waals surface area contributed by atoms with Crippen LogP contribution in [0.3, 0.4) is 0 Å². The van der Waals surface area contributed by atoms with Gasteiger partial charge in [-0.15, -0.1) is 0 Å². The molecule has 1 aromatic rings. The number of nitrogens with one attached hydrogen (secondary N) is 1. The molecule has 6 nitrogen and oxygen atoms in total. The second kappa shape index (κ2) is 7.08. The summed E-state index contributed by atoms with van der Waals surface area (Å²) in [6.45, 7) is 3.95. The van der Waals surface area contributed by atoms with E-state index in [-0.39, 0.29) is 11.5 Å². The highest BCUT2D eigenvalue weighted by molar-refractivity contribution is 7.91.